The van der Waals surface area contributed by atoms with Gasteiger partial charge in [-0.3, -0.25) is 4.79 Å². The van der Waals surface area contributed by atoms with Gasteiger partial charge in [0.15, 0.2) is 0 Å². The molecule has 2 N–H and O–H groups in total. The molecular weight excluding hydrogens is 226 g/mol. The van der Waals surface area contributed by atoms with Gasteiger partial charge in [-0.1, -0.05) is 19.9 Å². The molecule has 1 aromatic rings. The first-order valence-electron chi connectivity index (χ1n) is 6.39. The van der Waals surface area contributed by atoms with Crippen LogP contribution in [0.1, 0.15) is 36.5 Å². The van der Waals surface area contributed by atoms with Crippen molar-refractivity contribution >= 4 is 5.91 Å². The average molecular weight is 247 g/mol. The molecule has 0 spiro atoms. The van der Waals surface area contributed by atoms with Gasteiger partial charge in [0, 0.05) is 24.8 Å². The highest BCUT2D eigenvalue weighted by atomic mass is 16.2. The summed E-state index contributed by atoms with van der Waals surface area (Å²) in [6.07, 6.45) is 0.852. The third-order valence-electron chi connectivity index (χ3n) is 3.71. The van der Waals surface area contributed by atoms with Crippen LogP contribution in [-0.4, -0.2) is 34.9 Å². The Hall–Kier alpha value is -1.42. The Morgan fingerprint density at radius 2 is 2.22 bits per heavy atom. The van der Waals surface area contributed by atoms with E-state index in [4.69, 9.17) is 5.73 Å². The lowest BCUT2D eigenvalue weighted by molar-refractivity contribution is 0.0527. The molecule has 18 heavy (non-hydrogen) atoms. The summed E-state index contributed by atoms with van der Waals surface area (Å²) in [5.41, 5.74) is 7.45. The van der Waals surface area contributed by atoms with E-state index in [1.54, 1.807) is 6.07 Å². The van der Waals surface area contributed by atoms with E-state index in [-0.39, 0.29) is 17.4 Å². The van der Waals surface area contributed by atoms with Crippen LogP contribution in [0.25, 0.3) is 0 Å². The first kappa shape index (κ1) is 13.0. The first-order valence-corrected chi connectivity index (χ1v) is 6.39. The summed E-state index contributed by atoms with van der Waals surface area (Å²) in [5.74, 6) is 0.0127. The second-order valence-corrected chi connectivity index (χ2v) is 5.77. The van der Waals surface area contributed by atoms with Crippen molar-refractivity contribution in [3.63, 3.8) is 0 Å². The highest BCUT2D eigenvalue weighted by Gasteiger charge is 2.35. The van der Waals surface area contributed by atoms with Gasteiger partial charge in [0.1, 0.15) is 5.69 Å². The van der Waals surface area contributed by atoms with Gasteiger partial charge in [-0.25, -0.2) is 4.98 Å². The smallest absolute Gasteiger partial charge is 0.272 e. The fourth-order valence-electron chi connectivity index (χ4n) is 2.37. The summed E-state index contributed by atoms with van der Waals surface area (Å²) >= 11 is 0. The van der Waals surface area contributed by atoms with Gasteiger partial charge in [0.25, 0.3) is 5.91 Å². The first-order chi connectivity index (χ1) is 8.40. The van der Waals surface area contributed by atoms with Crippen LogP contribution < -0.4 is 5.73 Å². The van der Waals surface area contributed by atoms with Gasteiger partial charge < -0.3 is 10.6 Å². The van der Waals surface area contributed by atoms with Gasteiger partial charge in [-0.05, 0) is 30.9 Å². The quantitative estimate of drug-likeness (QED) is 0.820. The number of likely N-dealkylation sites (tertiary alicyclic amines) is 1. The zero-order valence-electron chi connectivity index (χ0n) is 11.3. The van der Waals surface area contributed by atoms with Crippen LogP contribution in [-0.2, 0) is 0 Å². The number of piperidine rings is 1. The maximum atomic E-state index is 12.4. The fourth-order valence-corrected chi connectivity index (χ4v) is 2.37. The molecule has 0 aliphatic carbocycles. The van der Waals surface area contributed by atoms with Crippen molar-refractivity contribution in [1.82, 2.24) is 9.88 Å². The van der Waals surface area contributed by atoms with Gasteiger partial charge in [0.05, 0.1) is 0 Å². The van der Waals surface area contributed by atoms with Crippen molar-refractivity contribution in [3.05, 3.63) is 29.6 Å². The molecule has 1 atom stereocenters. The number of pyridine rings is 1. The second-order valence-electron chi connectivity index (χ2n) is 5.77. The Labute approximate surface area is 108 Å². The number of hydrogen-bond donors (Lipinski definition) is 1. The number of carbonyl (C=O) groups excluding carboxylic acids is 1. The van der Waals surface area contributed by atoms with Crippen molar-refractivity contribution in [1.29, 1.82) is 0 Å². The van der Waals surface area contributed by atoms with Gasteiger partial charge in [0.2, 0.25) is 0 Å². The van der Waals surface area contributed by atoms with Crippen LogP contribution in [0.4, 0.5) is 0 Å². The van der Waals surface area contributed by atoms with E-state index >= 15 is 0 Å². The predicted octanol–water partition coefficient (Wildman–Crippen LogP) is 1.59. The summed E-state index contributed by atoms with van der Waals surface area (Å²) in [5, 5.41) is 0. The molecule has 0 radical (unpaired) electrons. The minimum absolute atomic E-state index is 0.0127. The molecule has 1 aliphatic heterocycles. The molecule has 1 aromatic heterocycles. The molecule has 4 heteroatoms. The Bertz CT molecular complexity index is 456. The Morgan fingerprint density at radius 1 is 1.50 bits per heavy atom. The van der Waals surface area contributed by atoms with Crippen LogP contribution in [0.5, 0.6) is 0 Å². The minimum atomic E-state index is -0.0300. The number of aryl methyl sites for hydroxylation is 1. The van der Waals surface area contributed by atoms with E-state index in [1.807, 2.05) is 24.0 Å². The molecule has 1 fully saturated rings. The lowest BCUT2D eigenvalue weighted by atomic mass is 9.79. The zero-order valence-corrected chi connectivity index (χ0v) is 11.3. The van der Waals surface area contributed by atoms with Gasteiger partial charge in [-0.2, -0.15) is 0 Å². The second kappa shape index (κ2) is 4.69. The lowest BCUT2D eigenvalue weighted by Gasteiger charge is -2.42. The molecule has 0 aromatic carbocycles. The fraction of sp³-hybridized carbons (Fsp3) is 0.571. The van der Waals surface area contributed by atoms with Crippen LogP contribution in [0, 0.1) is 12.3 Å². The molecule has 98 valence electrons. The Kier molecular flexibility index (Phi) is 3.39. The molecule has 1 unspecified atom stereocenters. The molecule has 0 saturated carbocycles. The van der Waals surface area contributed by atoms with Crippen molar-refractivity contribution in [3.8, 4) is 0 Å². The number of hydrogen-bond acceptors (Lipinski definition) is 3. The van der Waals surface area contributed by atoms with E-state index in [0.29, 0.717) is 12.2 Å². The number of amides is 1. The number of carbonyl (C=O) groups is 1. The van der Waals surface area contributed by atoms with Gasteiger partial charge in [-0.15, -0.1) is 0 Å². The maximum absolute atomic E-state index is 12.4. The standard InChI is InChI=1S/C14H21N3O/c1-10-5-4-6-11(16-10)13(18)17-8-7-12(15)14(2,3)9-17/h4-6,12H,7-9,15H2,1-3H3. The average Bonchev–Trinajstić information content (AvgIpc) is 2.31. The number of aromatic nitrogens is 1. The highest BCUT2D eigenvalue weighted by Crippen LogP contribution is 2.28. The maximum Gasteiger partial charge on any atom is 0.272 e. The number of nitrogens with zero attached hydrogens (tertiary/aromatic N) is 2. The van der Waals surface area contributed by atoms with E-state index in [1.165, 1.54) is 0 Å². The van der Waals surface area contributed by atoms with E-state index in [2.05, 4.69) is 18.8 Å². The third kappa shape index (κ3) is 2.53. The normalized spacial score (nSPS) is 22.9. The highest BCUT2D eigenvalue weighted by molar-refractivity contribution is 5.92. The van der Waals surface area contributed by atoms with Crippen LogP contribution in [0.2, 0.25) is 0 Å². The molecule has 2 rings (SSSR count). The van der Waals surface area contributed by atoms with Crippen LogP contribution >= 0.6 is 0 Å². The molecule has 1 saturated heterocycles. The summed E-state index contributed by atoms with van der Waals surface area (Å²) < 4.78 is 0. The van der Waals surface area contributed by atoms with Crippen LogP contribution in [0.3, 0.4) is 0 Å². The van der Waals surface area contributed by atoms with Crippen molar-refractivity contribution in [2.75, 3.05) is 13.1 Å². The topological polar surface area (TPSA) is 59.2 Å². The van der Waals surface area contributed by atoms with Crippen molar-refractivity contribution in [2.45, 2.75) is 33.2 Å². The summed E-state index contributed by atoms with van der Waals surface area (Å²) in [7, 11) is 0. The van der Waals surface area contributed by atoms with Crippen LogP contribution in [0.15, 0.2) is 18.2 Å². The van der Waals surface area contributed by atoms with E-state index < -0.39 is 0 Å². The third-order valence-corrected chi connectivity index (χ3v) is 3.71. The van der Waals surface area contributed by atoms with Gasteiger partial charge >= 0.3 is 0 Å². The zero-order chi connectivity index (χ0) is 13.3. The SMILES string of the molecule is Cc1cccc(C(=O)N2CCC(N)C(C)(C)C2)n1. The molecule has 4 nitrogen and oxygen atoms in total. The summed E-state index contributed by atoms with van der Waals surface area (Å²) in [4.78, 5) is 18.5. The monoisotopic (exact) mass is 247 g/mol. The predicted molar refractivity (Wildman–Crippen MR) is 71.3 cm³/mol. The lowest BCUT2D eigenvalue weighted by Crippen LogP contribution is -2.54. The van der Waals surface area contributed by atoms with E-state index in [0.717, 1.165) is 18.7 Å². The minimum Gasteiger partial charge on any atom is -0.337 e. The van der Waals surface area contributed by atoms with E-state index in [9.17, 15) is 4.79 Å². The Balaban J connectivity index is 2.15. The molecule has 0 bridgehead atoms. The number of rotatable bonds is 1. The molecule has 2 heterocycles. The number of nitrogens with two attached hydrogens (primary N) is 1. The Morgan fingerprint density at radius 3 is 2.83 bits per heavy atom. The molecule has 1 amide bonds. The summed E-state index contributed by atoms with van der Waals surface area (Å²) in [6.45, 7) is 7.54. The largest absolute Gasteiger partial charge is 0.337 e. The van der Waals surface area contributed by atoms with Crippen molar-refractivity contribution in [2.24, 2.45) is 11.1 Å². The molecular formula is C14H21N3O. The molecule has 1 aliphatic rings. The summed E-state index contributed by atoms with van der Waals surface area (Å²) in [6, 6.07) is 5.70. The van der Waals surface area contributed by atoms with Crippen molar-refractivity contribution < 1.29 is 4.79 Å².